The van der Waals surface area contributed by atoms with Gasteiger partial charge in [0.2, 0.25) is 0 Å². The zero-order valence-electron chi connectivity index (χ0n) is 11.2. The first kappa shape index (κ1) is 13.8. The Kier molecular flexibility index (Phi) is 4.14. The zero-order chi connectivity index (χ0) is 14.5. The fraction of sp³-hybridized carbons (Fsp3) is 0.214. The van der Waals surface area contributed by atoms with Crippen molar-refractivity contribution < 1.29 is 4.92 Å². The molecule has 0 fully saturated rings. The second-order valence-electron chi connectivity index (χ2n) is 4.34. The van der Waals surface area contributed by atoms with Crippen LogP contribution in [0.5, 0.6) is 0 Å². The van der Waals surface area contributed by atoms with E-state index in [1.807, 2.05) is 30.0 Å². The number of hydrogen-bond acceptors (Lipinski definition) is 5. The minimum Gasteiger partial charge on any atom is -0.397 e. The summed E-state index contributed by atoms with van der Waals surface area (Å²) in [4.78, 5) is 16.6. The van der Waals surface area contributed by atoms with Crippen molar-refractivity contribution in [3.8, 4) is 0 Å². The molecule has 1 heterocycles. The van der Waals surface area contributed by atoms with E-state index in [4.69, 9.17) is 5.73 Å². The number of nitrogens with zero attached hydrogens (tertiary/aromatic N) is 3. The van der Waals surface area contributed by atoms with Crippen molar-refractivity contribution in [2.75, 3.05) is 17.2 Å². The van der Waals surface area contributed by atoms with Crippen molar-refractivity contribution in [1.82, 2.24) is 4.98 Å². The minimum atomic E-state index is -0.449. The van der Waals surface area contributed by atoms with Crippen LogP contribution in [0.25, 0.3) is 0 Å². The summed E-state index contributed by atoms with van der Waals surface area (Å²) in [7, 11) is 0. The molecule has 6 heteroatoms. The average molecular weight is 272 g/mol. The maximum absolute atomic E-state index is 10.7. The second kappa shape index (κ2) is 6.01. The Hall–Kier alpha value is -2.63. The van der Waals surface area contributed by atoms with E-state index in [1.165, 1.54) is 12.1 Å². The Bertz CT molecular complexity index is 601. The molecule has 1 aromatic heterocycles. The van der Waals surface area contributed by atoms with E-state index >= 15 is 0 Å². The van der Waals surface area contributed by atoms with Gasteiger partial charge in [0.15, 0.2) is 0 Å². The van der Waals surface area contributed by atoms with Crippen LogP contribution < -0.4 is 10.6 Å². The monoisotopic (exact) mass is 272 g/mol. The molecule has 0 saturated heterocycles. The van der Waals surface area contributed by atoms with E-state index in [9.17, 15) is 10.1 Å². The van der Waals surface area contributed by atoms with E-state index in [0.717, 1.165) is 17.9 Å². The van der Waals surface area contributed by atoms with Gasteiger partial charge in [-0.25, -0.2) is 0 Å². The minimum absolute atomic E-state index is 0.000129. The lowest BCUT2D eigenvalue weighted by atomic mass is 10.2. The Balaban J connectivity index is 2.26. The topological polar surface area (TPSA) is 85.3 Å². The molecule has 0 aliphatic carbocycles. The van der Waals surface area contributed by atoms with Gasteiger partial charge in [-0.1, -0.05) is 6.07 Å². The van der Waals surface area contributed by atoms with Crippen molar-refractivity contribution in [3.05, 3.63) is 58.4 Å². The highest BCUT2D eigenvalue weighted by atomic mass is 16.6. The van der Waals surface area contributed by atoms with Gasteiger partial charge in [0.05, 0.1) is 28.5 Å². The summed E-state index contributed by atoms with van der Waals surface area (Å²) in [5.74, 6) is 0. The number of nitrogens with two attached hydrogens (primary N) is 1. The number of nitro benzene ring substituents is 1. The van der Waals surface area contributed by atoms with Gasteiger partial charge in [-0.2, -0.15) is 0 Å². The lowest BCUT2D eigenvalue weighted by Crippen LogP contribution is -2.23. The summed E-state index contributed by atoms with van der Waals surface area (Å²) in [5, 5.41) is 10.7. The molecule has 0 unspecified atom stereocenters. The van der Waals surface area contributed by atoms with Gasteiger partial charge in [0.25, 0.3) is 5.69 Å². The van der Waals surface area contributed by atoms with Gasteiger partial charge in [-0.05, 0) is 25.1 Å². The van der Waals surface area contributed by atoms with Crippen molar-refractivity contribution in [2.45, 2.75) is 13.5 Å². The molecule has 0 atom stereocenters. The van der Waals surface area contributed by atoms with E-state index < -0.39 is 4.92 Å². The predicted octanol–water partition coefficient (Wildman–Crippen LogP) is 2.60. The number of hydrogen-bond donors (Lipinski definition) is 1. The van der Waals surface area contributed by atoms with Gasteiger partial charge in [0, 0.05) is 24.9 Å². The van der Waals surface area contributed by atoms with E-state index in [-0.39, 0.29) is 5.69 Å². The number of nitro groups is 1. The standard InChI is InChI=1S/C14H16N4O2/c1-2-17(10-11-5-3-4-8-16-11)14-7-6-12(18(19)20)9-13(14)15/h3-9H,2,10,15H2,1H3. The van der Waals surface area contributed by atoms with Crippen molar-refractivity contribution in [1.29, 1.82) is 0 Å². The van der Waals surface area contributed by atoms with Crippen LogP contribution in [0.1, 0.15) is 12.6 Å². The number of rotatable bonds is 5. The maximum Gasteiger partial charge on any atom is 0.271 e. The van der Waals surface area contributed by atoms with E-state index in [0.29, 0.717) is 12.2 Å². The summed E-state index contributed by atoms with van der Waals surface area (Å²) in [5.41, 5.74) is 8.03. The quantitative estimate of drug-likeness (QED) is 0.513. The van der Waals surface area contributed by atoms with Gasteiger partial charge in [-0.3, -0.25) is 15.1 Å². The summed E-state index contributed by atoms with van der Waals surface area (Å²) in [6, 6.07) is 10.3. The Morgan fingerprint density at radius 3 is 2.70 bits per heavy atom. The smallest absolute Gasteiger partial charge is 0.271 e. The molecular weight excluding hydrogens is 256 g/mol. The predicted molar refractivity (Wildman–Crippen MR) is 78.5 cm³/mol. The number of non-ortho nitro benzene ring substituents is 1. The first-order valence-corrected chi connectivity index (χ1v) is 6.30. The van der Waals surface area contributed by atoms with Crippen molar-refractivity contribution in [3.63, 3.8) is 0 Å². The lowest BCUT2D eigenvalue weighted by molar-refractivity contribution is -0.384. The number of nitrogen functional groups attached to an aromatic ring is 1. The molecule has 0 aliphatic rings. The zero-order valence-corrected chi connectivity index (χ0v) is 11.2. The van der Waals surface area contributed by atoms with Crippen LogP contribution in [-0.4, -0.2) is 16.5 Å². The third-order valence-corrected chi connectivity index (χ3v) is 3.02. The molecule has 0 saturated carbocycles. The molecule has 2 N–H and O–H groups in total. The Morgan fingerprint density at radius 2 is 2.15 bits per heavy atom. The molecule has 6 nitrogen and oxygen atoms in total. The van der Waals surface area contributed by atoms with Gasteiger partial charge >= 0.3 is 0 Å². The average Bonchev–Trinajstić information content (AvgIpc) is 2.46. The van der Waals surface area contributed by atoms with Crippen molar-refractivity contribution >= 4 is 17.1 Å². The second-order valence-corrected chi connectivity index (χ2v) is 4.34. The molecule has 2 rings (SSSR count). The van der Waals surface area contributed by atoms with Gasteiger partial charge in [-0.15, -0.1) is 0 Å². The summed E-state index contributed by atoms with van der Waals surface area (Å²) >= 11 is 0. The van der Waals surface area contributed by atoms with Gasteiger partial charge < -0.3 is 10.6 Å². The highest BCUT2D eigenvalue weighted by Gasteiger charge is 2.13. The SMILES string of the molecule is CCN(Cc1ccccn1)c1ccc([N+](=O)[O-])cc1N. The lowest BCUT2D eigenvalue weighted by Gasteiger charge is -2.24. The number of aromatic nitrogens is 1. The molecule has 20 heavy (non-hydrogen) atoms. The van der Waals surface area contributed by atoms with Gasteiger partial charge in [0.1, 0.15) is 0 Å². The molecule has 0 aliphatic heterocycles. The first-order chi connectivity index (χ1) is 9.61. The van der Waals surface area contributed by atoms with Crippen LogP contribution in [0.3, 0.4) is 0 Å². The van der Waals surface area contributed by atoms with Crippen LogP contribution in [0.4, 0.5) is 17.1 Å². The fourth-order valence-electron chi connectivity index (χ4n) is 2.00. The van der Waals surface area contributed by atoms with E-state index in [1.54, 1.807) is 12.3 Å². The van der Waals surface area contributed by atoms with Crippen LogP contribution in [0.15, 0.2) is 42.6 Å². The molecule has 0 bridgehead atoms. The third-order valence-electron chi connectivity index (χ3n) is 3.02. The molecule has 0 spiro atoms. The normalized spacial score (nSPS) is 10.2. The molecule has 0 radical (unpaired) electrons. The van der Waals surface area contributed by atoms with E-state index in [2.05, 4.69) is 4.98 Å². The molecular formula is C14H16N4O2. The Labute approximate surface area is 117 Å². The van der Waals surface area contributed by atoms with Crippen LogP contribution in [0.2, 0.25) is 0 Å². The van der Waals surface area contributed by atoms with Crippen LogP contribution >= 0.6 is 0 Å². The number of pyridine rings is 1. The number of anilines is 2. The summed E-state index contributed by atoms with van der Waals surface area (Å²) in [6.07, 6.45) is 1.74. The molecule has 2 aromatic rings. The largest absolute Gasteiger partial charge is 0.397 e. The number of benzene rings is 1. The van der Waals surface area contributed by atoms with Crippen LogP contribution in [0, 0.1) is 10.1 Å². The third kappa shape index (κ3) is 3.03. The molecule has 0 amide bonds. The van der Waals surface area contributed by atoms with Crippen LogP contribution in [-0.2, 0) is 6.54 Å². The molecule has 104 valence electrons. The summed E-state index contributed by atoms with van der Waals surface area (Å²) in [6.45, 7) is 3.35. The maximum atomic E-state index is 10.7. The fourth-order valence-corrected chi connectivity index (χ4v) is 2.00. The summed E-state index contributed by atoms with van der Waals surface area (Å²) < 4.78 is 0. The first-order valence-electron chi connectivity index (χ1n) is 6.30. The highest BCUT2D eigenvalue weighted by Crippen LogP contribution is 2.28. The molecule has 1 aromatic carbocycles. The van der Waals surface area contributed by atoms with Crippen molar-refractivity contribution in [2.24, 2.45) is 0 Å². The highest BCUT2D eigenvalue weighted by molar-refractivity contribution is 5.70. The Morgan fingerprint density at radius 1 is 1.35 bits per heavy atom.